The number of benzene rings is 1. The number of nitrogens with one attached hydrogen (secondary N) is 1. The van der Waals surface area contributed by atoms with Crippen LogP contribution in [0.4, 0.5) is 5.69 Å². The summed E-state index contributed by atoms with van der Waals surface area (Å²) in [7, 11) is 0. The van der Waals surface area contributed by atoms with E-state index in [1.807, 2.05) is 0 Å². The minimum Gasteiger partial charge on any atom is -0.478 e. The fraction of sp³-hybridized carbons (Fsp3) is 0.167. The van der Waals surface area contributed by atoms with Crippen molar-refractivity contribution < 1.29 is 19.2 Å². The standard InChI is InChI=1S/C12H11N3O4/c1-6-5-8(3-4-9(6)12(17)18)14-11(16)10-13-7(2)19-15-10/h3-5H,1-2H3,(H,14,16)(H,17,18). The van der Waals surface area contributed by atoms with Crippen LogP contribution in [-0.4, -0.2) is 27.1 Å². The molecule has 0 radical (unpaired) electrons. The van der Waals surface area contributed by atoms with Gasteiger partial charge in [-0.2, -0.15) is 4.98 Å². The number of rotatable bonds is 3. The van der Waals surface area contributed by atoms with Crippen molar-refractivity contribution in [2.45, 2.75) is 13.8 Å². The number of anilines is 1. The average molecular weight is 261 g/mol. The molecular weight excluding hydrogens is 250 g/mol. The van der Waals surface area contributed by atoms with Gasteiger partial charge in [0.1, 0.15) is 0 Å². The first-order valence-electron chi connectivity index (χ1n) is 5.43. The fourth-order valence-electron chi connectivity index (χ4n) is 1.56. The molecule has 0 saturated carbocycles. The van der Waals surface area contributed by atoms with Gasteiger partial charge in [0.05, 0.1) is 5.56 Å². The molecule has 0 aliphatic carbocycles. The van der Waals surface area contributed by atoms with Crippen LogP contribution in [0.25, 0.3) is 0 Å². The van der Waals surface area contributed by atoms with Crippen LogP contribution < -0.4 is 5.32 Å². The van der Waals surface area contributed by atoms with E-state index in [0.29, 0.717) is 17.1 Å². The number of carbonyl (C=O) groups excluding carboxylic acids is 1. The number of hydrogen-bond acceptors (Lipinski definition) is 5. The van der Waals surface area contributed by atoms with Crippen LogP contribution in [0, 0.1) is 13.8 Å². The summed E-state index contributed by atoms with van der Waals surface area (Å²) in [5.74, 6) is -1.30. The van der Waals surface area contributed by atoms with Gasteiger partial charge in [0.2, 0.25) is 5.89 Å². The van der Waals surface area contributed by atoms with Crippen LogP contribution in [0.5, 0.6) is 0 Å². The van der Waals surface area contributed by atoms with Crippen LogP contribution in [0.1, 0.15) is 32.4 Å². The van der Waals surface area contributed by atoms with E-state index in [1.54, 1.807) is 19.9 Å². The van der Waals surface area contributed by atoms with Crippen molar-refractivity contribution in [3.8, 4) is 0 Å². The smallest absolute Gasteiger partial charge is 0.335 e. The summed E-state index contributed by atoms with van der Waals surface area (Å²) in [6.07, 6.45) is 0. The van der Waals surface area contributed by atoms with Crippen molar-refractivity contribution in [1.29, 1.82) is 0 Å². The summed E-state index contributed by atoms with van der Waals surface area (Å²) in [6.45, 7) is 3.23. The summed E-state index contributed by atoms with van der Waals surface area (Å²) in [5.41, 5.74) is 1.21. The first-order chi connectivity index (χ1) is 8.97. The molecule has 98 valence electrons. The molecule has 0 unspecified atom stereocenters. The highest BCUT2D eigenvalue weighted by molar-refractivity contribution is 6.01. The Morgan fingerprint density at radius 1 is 1.32 bits per heavy atom. The van der Waals surface area contributed by atoms with Gasteiger partial charge in [-0.3, -0.25) is 4.79 Å². The third-order valence-electron chi connectivity index (χ3n) is 2.45. The van der Waals surface area contributed by atoms with E-state index >= 15 is 0 Å². The molecule has 1 aromatic carbocycles. The van der Waals surface area contributed by atoms with Gasteiger partial charge in [-0.05, 0) is 30.7 Å². The number of aryl methyl sites for hydroxylation is 2. The second kappa shape index (κ2) is 4.89. The lowest BCUT2D eigenvalue weighted by molar-refractivity contribution is 0.0696. The van der Waals surface area contributed by atoms with Crippen LogP contribution in [-0.2, 0) is 0 Å². The molecule has 2 N–H and O–H groups in total. The van der Waals surface area contributed by atoms with Gasteiger partial charge in [-0.15, -0.1) is 0 Å². The second-order valence-corrected chi connectivity index (χ2v) is 3.93. The number of carboxylic acids is 1. The molecule has 0 bridgehead atoms. The van der Waals surface area contributed by atoms with E-state index in [2.05, 4.69) is 15.5 Å². The van der Waals surface area contributed by atoms with Gasteiger partial charge in [0.15, 0.2) is 0 Å². The summed E-state index contributed by atoms with van der Waals surface area (Å²) in [4.78, 5) is 26.4. The molecule has 1 aromatic heterocycles. The number of carboxylic acid groups (broad SMARTS) is 1. The highest BCUT2D eigenvalue weighted by Gasteiger charge is 2.14. The van der Waals surface area contributed by atoms with Crippen molar-refractivity contribution in [3.63, 3.8) is 0 Å². The van der Waals surface area contributed by atoms with Gasteiger partial charge in [0, 0.05) is 12.6 Å². The quantitative estimate of drug-likeness (QED) is 0.870. The molecule has 0 aliphatic heterocycles. The molecule has 2 aromatic rings. The van der Waals surface area contributed by atoms with E-state index in [-0.39, 0.29) is 11.4 Å². The SMILES string of the molecule is Cc1nc(C(=O)Nc2ccc(C(=O)O)c(C)c2)no1. The Hall–Kier alpha value is -2.70. The topological polar surface area (TPSA) is 105 Å². The van der Waals surface area contributed by atoms with Crippen LogP contribution in [0.3, 0.4) is 0 Å². The lowest BCUT2D eigenvalue weighted by atomic mass is 10.1. The minimum absolute atomic E-state index is 0.0718. The summed E-state index contributed by atoms with van der Waals surface area (Å²) in [6, 6.07) is 4.49. The van der Waals surface area contributed by atoms with Gasteiger partial charge in [-0.1, -0.05) is 5.16 Å². The molecule has 19 heavy (non-hydrogen) atoms. The highest BCUT2D eigenvalue weighted by atomic mass is 16.5. The second-order valence-electron chi connectivity index (χ2n) is 3.93. The number of nitrogens with zero attached hydrogens (tertiary/aromatic N) is 2. The first kappa shape index (κ1) is 12.7. The van der Waals surface area contributed by atoms with Gasteiger partial charge in [-0.25, -0.2) is 4.79 Å². The maximum Gasteiger partial charge on any atom is 0.335 e. The molecule has 1 amide bonds. The number of aromatic carboxylic acids is 1. The maximum atomic E-state index is 11.7. The molecular formula is C12H11N3O4. The Labute approximate surface area is 108 Å². The van der Waals surface area contributed by atoms with E-state index < -0.39 is 11.9 Å². The zero-order valence-electron chi connectivity index (χ0n) is 10.3. The predicted octanol–water partition coefficient (Wildman–Crippen LogP) is 1.64. The Kier molecular flexibility index (Phi) is 3.28. The number of carbonyl (C=O) groups is 2. The van der Waals surface area contributed by atoms with E-state index in [0.717, 1.165) is 0 Å². The molecule has 0 spiro atoms. The summed E-state index contributed by atoms with van der Waals surface area (Å²) in [5, 5.41) is 14.9. The van der Waals surface area contributed by atoms with Crippen molar-refractivity contribution in [2.24, 2.45) is 0 Å². The monoisotopic (exact) mass is 261 g/mol. The Morgan fingerprint density at radius 3 is 2.58 bits per heavy atom. The summed E-state index contributed by atoms with van der Waals surface area (Å²) < 4.78 is 4.70. The Balaban J connectivity index is 2.18. The number of amides is 1. The third-order valence-corrected chi connectivity index (χ3v) is 2.45. The number of hydrogen-bond donors (Lipinski definition) is 2. The minimum atomic E-state index is -1.01. The molecule has 0 aliphatic rings. The normalized spacial score (nSPS) is 10.2. The fourth-order valence-corrected chi connectivity index (χ4v) is 1.56. The molecule has 1 heterocycles. The van der Waals surface area contributed by atoms with Crippen molar-refractivity contribution in [1.82, 2.24) is 10.1 Å². The largest absolute Gasteiger partial charge is 0.478 e. The molecule has 7 heteroatoms. The lowest BCUT2D eigenvalue weighted by Crippen LogP contribution is -2.14. The van der Waals surface area contributed by atoms with Gasteiger partial charge < -0.3 is 14.9 Å². The van der Waals surface area contributed by atoms with Crippen LogP contribution >= 0.6 is 0 Å². The van der Waals surface area contributed by atoms with Gasteiger partial charge >= 0.3 is 5.97 Å². The highest BCUT2D eigenvalue weighted by Crippen LogP contribution is 2.15. The predicted molar refractivity (Wildman–Crippen MR) is 65.1 cm³/mol. The van der Waals surface area contributed by atoms with Crippen molar-refractivity contribution in [3.05, 3.63) is 41.0 Å². The molecule has 0 saturated heterocycles. The van der Waals surface area contributed by atoms with Crippen LogP contribution in [0.2, 0.25) is 0 Å². The zero-order valence-corrected chi connectivity index (χ0v) is 10.3. The lowest BCUT2D eigenvalue weighted by Gasteiger charge is -2.05. The Bertz CT molecular complexity index is 648. The maximum absolute atomic E-state index is 11.7. The molecule has 0 fully saturated rings. The zero-order chi connectivity index (χ0) is 14.0. The number of aromatic nitrogens is 2. The molecule has 2 rings (SSSR count). The van der Waals surface area contributed by atoms with Gasteiger partial charge in [0.25, 0.3) is 11.7 Å². The first-order valence-corrected chi connectivity index (χ1v) is 5.43. The average Bonchev–Trinajstić information content (AvgIpc) is 2.75. The van der Waals surface area contributed by atoms with Crippen molar-refractivity contribution >= 4 is 17.6 Å². The van der Waals surface area contributed by atoms with E-state index in [4.69, 9.17) is 9.63 Å². The molecule has 7 nitrogen and oxygen atoms in total. The van der Waals surface area contributed by atoms with E-state index in [1.165, 1.54) is 12.1 Å². The summed E-state index contributed by atoms with van der Waals surface area (Å²) >= 11 is 0. The van der Waals surface area contributed by atoms with E-state index in [9.17, 15) is 9.59 Å². The third kappa shape index (κ3) is 2.76. The molecule has 0 atom stereocenters. The Morgan fingerprint density at radius 2 is 2.05 bits per heavy atom. The van der Waals surface area contributed by atoms with Crippen molar-refractivity contribution in [2.75, 3.05) is 5.32 Å². The van der Waals surface area contributed by atoms with Crippen LogP contribution in [0.15, 0.2) is 22.7 Å².